The van der Waals surface area contributed by atoms with Crippen LogP contribution in [0, 0.1) is 32.1 Å². The molecule has 4 aliphatic heterocycles. The molecule has 0 saturated carbocycles. The number of carbonyl (C=O) groups excluding carboxylic acids is 4. The molecule has 20 heteroatoms. The molecule has 300 valence electrons. The maximum Gasteiger partial charge on any atom is 0.410 e. The number of carbonyl (C=O) groups is 4. The Kier molecular flexibility index (Phi) is 11.5. The topological polar surface area (TPSA) is 219 Å². The zero-order valence-electron chi connectivity index (χ0n) is 30.9. The molecule has 0 aliphatic carbocycles. The van der Waals surface area contributed by atoms with Crippen molar-refractivity contribution in [1.29, 1.82) is 0 Å². The first kappa shape index (κ1) is 39.6. The number of likely N-dealkylation sites (tertiary alicyclic amines) is 1. The summed E-state index contributed by atoms with van der Waals surface area (Å²) in [5.74, 6) is -2.61. The molecule has 0 unspecified atom stereocenters. The smallest absolute Gasteiger partial charge is 0.410 e. The lowest BCUT2D eigenvalue weighted by Crippen LogP contribution is -2.63. The van der Waals surface area contributed by atoms with Crippen molar-refractivity contribution in [3.8, 4) is 0 Å². The summed E-state index contributed by atoms with van der Waals surface area (Å²) in [6, 6.07) is 9.70. The van der Waals surface area contributed by atoms with Crippen molar-refractivity contribution >= 4 is 63.5 Å². The van der Waals surface area contributed by atoms with Gasteiger partial charge in [-0.15, -0.1) is 23.1 Å². The number of hydrogen-bond acceptors (Lipinski definition) is 15. The molecule has 4 aliphatic rings. The number of non-ortho nitro benzene ring substituents is 2. The van der Waals surface area contributed by atoms with E-state index < -0.39 is 63.1 Å². The highest BCUT2D eigenvalue weighted by Crippen LogP contribution is 2.52. The number of thiazole rings is 1. The van der Waals surface area contributed by atoms with E-state index in [0.717, 1.165) is 5.13 Å². The number of fused-ring (bicyclic) bond motifs is 1. The van der Waals surface area contributed by atoms with E-state index >= 15 is 0 Å². The first-order valence-electron chi connectivity index (χ1n) is 18.2. The standard InChI is InChI=1S/C37H39N7O11S2/c1-21-30-29(22(2)45)34(47)42(30)31(35(48)54-19-23-3-7-25(8-4-23)43(50)51)32(21)57-27-17-28(33(46)39-12-14-40(15-13-39)36-38-11-16-56-36)41(18-27)37(49)55-20-24-5-9-26(10-6-24)44(52)53/h3-11,16,21-22,27-30,45H,12-15,17-20H2,1-2H3/t21-,22-,27+,28+,29-,30-/m1/s1. The number of amides is 3. The number of aliphatic hydroxyl groups is 1. The summed E-state index contributed by atoms with van der Waals surface area (Å²) in [5, 5.41) is 35.0. The third-order valence-electron chi connectivity index (χ3n) is 10.7. The quantitative estimate of drug-likeness (QED) is 0.119. The zero-order chi connectivity index (χ0) is 40.5. The van der Waals surface area contributed by atoms with Gasteiger partial charge in [0.2, 0.25) is 11.8 Å². The predicted molar refractivity (Wildman–Crippen MR) is 206 cm³/mol. The number of hydrogen-bond donors (Lipinski definition) is 1. The number of esters is 1. The van der Waals surface area contributed by atoms with Crippen LogP contribution in [0.15, 0.2) is 70.7 Å². The molecule has 1 N–H and O–H groups in total. The molecular formula is C37H39N7O11S2. The molecule has 5 heterocycles. The van der Waals surface area contributed by atoms with E-state index in [1.807, 2.05) is 12.3 Å². The van der Waals surface area contributed by atoms with Crippen molar-refractivity contribution in [1.82, 2.24) is 19.7 Å². The highest BCUT2D eigenvalue weighted by atomic mass is 32.2. The Hall–Kier alpha value is -5.60. The lowest BCUT2D eigenvalue weighted by molar-refractivity contribution is -0.385. The minimum absolute atomic E-state index is 0.0293. The summed E-state index contributed by atoms with van der Waals surface area (Å²) >= 11 is 2.79. The lowest BCUT2D eigenvalue weighted by Gasteiger charge is -2.46. The van der Waals surface area contributed by atoms with E-state index in [2.05, 4.69) is 9.88 Å². The Morgan fingerprint density at radius 3 is 2.11 bits per heavy atom. The molecule has 3 aromatic rings. The van der Waals surface area contributed by atoms with E-state index in [0.29, 0.717) is 42.2 Å². The number of aliphatic hydroxyl groups excluding tert-OH is 1. The van der Waals surface area contributed by atoms with Crippen LogP contribution in [0.3, 0.4) is 0 Å². The first-order chi connectivity index (χ1) is 27.3. The Bertz CT molecular complexity index is 2070. The minimum Gasteiger partial charge on any atom is -0.456 e. The number of nitrogens with zero attached hydrogens (tertiary/aromatic N) is 7. The molecule has 3 saturated heterocycles. The monoisotopic (exact) mass is 821 g/mol. The molecule has 7 rings (SSSR count). The van der Waals surface area contributed by atoms with E-state index in [9.17, 15) is 44.5 Å². The number of benzene rings is 2. The highest BCUT2D eigenvalue weighted by molar-refractivity contribution is 8.03. The van der Waals surface area contributed by atoms with Gasteiger partial charge in [0.05, 0.1) is 27.9 Å². The average Bonchev–Trinajstić information content (AvgIpc) is 3.95. The summed E-state index contributed by atoms with van der Waals surface area (Å²) in [6.45, 7) is 4.96. The fourth-order valence-electron chi connectivity index (χ4n) is 7.74. The maximum atomic E-state index is 14.2. The molecule has 3 amide bonds. The molecule has 57 heavy (non-hydrogen) atoms. The number of aromatic nitrogens is 1. The van der Waals surface area contributed by atoms with Crippen molar-refractivity contribution in [2.24, 2.45) is 11.8 Å². The summed E-state index contributed by atoms with van der Waals surface area (Å²) in [5.41, 5.74) is 0.812. The molecule has 0 radical (unpaired) electrons. The third-order valence-corrected chi connectivity index (χ3v) is 13.0. The van der Waals surface area contributed by atoms with Crippen molar-refractivity contribution in [2.75, 3.05) is 37.6 Å². The number of piperazine rings is 1. The number of ether oxygens (including phenoxy) is 2. The molecule has 3 fully saturated rings. The number of anilines is 1. The van der Waals surface area contributed by atoms with Crippen LogP contribution < -0.4 is 4.90 Å². The molecule has 6 atom stereocenters. The molecule has 18 nitrogen and oxygen atoms in total. The lowest BCUT2D eigenvalue weighted by atomic mass is 9.79. The number of thioether (sulfide) groups is 1. The van der Waals surface area contributed by atoms with Gasteiger partial charge in [-0.2, -0.15) is 0 Å². The zero-order valence-corrected chi connectivity index (χ0v) is 32.5. The first-order valence-corrected chi connectivity index (χ1v) is 20.0. The summed E-state index contributed by atoms with van der Waals surface area (Å²) < 4.78 is 11.3. The van der Waals surface area contributed by atoms with E-state index in [-0.39, 0.29) is 49.2 Å². The van der Waals surface area contributed by atoms with Gasteiger partial charge in [0, 0.05) is 84.6 Å². The number of nitro benzene ring substituents is 2. The van der Waals surface area contributed by atoms with Gasteiger partial charge in [-0.1, -0.05) is 6.92 Å². The molecular weight excluding hydrogens is 783 g/mol. The summed E-state index contributed by atoms with van der Waals surface area (Å²) in [7, 11) is 0. The van der Waals surface area contributed by atoms with Gasteiger partial charge in [0.15, 0.2) is 5.13 Å². The van der Waals surface area contributed by atoms with Crippen LogP contribution in [0.5, 0.6) is 0 Å². The van der Waals surface area contributed by atoms with Crippen molar-refractivity contribution < 1.29 is 43.6 Å². The summed E-state index contributed by atoms with van der Waals surface area (Å²) in [4.78, 5) is 87.8. The normalized spacial score (nSPS) is 23.6. The maximum absolute atomic E-state index is 14.2. The van der Waals surface area contributed by atoms with Crippen LogP contribution in [-0.4, -0.2) is 115 Å². The molecule has 1 aromatic heterocycles. The van der Waals surface area contributed by atoms with Crippen LogP contribution in [0.1, 0.15) is 31.4 Å². The van der Waals surface area contributed by atoms with Gasteiger partial charge in [-0.05, 0) is 48.7 Å². The van der Waals surface area contributed by atoms with E-state index in [1.54, 1.807) is 11.1 Å². The van der Waals surface area contributed by atoms with Crippen LogP contribution in [0.25, 0.3) is 0 Å². The van der Waals surface area contributed by atoms with Gasteiger partial charge in [0.25, 0.3) is 11.4 Å². The van der Waals surface area contributed by atoms with Crippen molar-refractivity contribution in [3.05, 3.63) is 102 Å². The second-order valence-corrected chi connectivity index (χ2v) is 16.4. The molecule has 2 aromatic carbocycles. The number of rotatable bonds is 12. The third kappa shape index (κ3) is 8.01. The van der Waals surface area contributed by atoms with Gasteiger partial charge in [0.1, 0.15) is 25.0 Å². The van der Waals surface area contributed by atoms with Gasteiger partial charge in [-0.3, -0.25) is 34.7 Å². The Morgan fingerprint density at radius 2 is 1.56 bits per heavy atom. The fraction of sp³-hybridized carbons (Fsp3) is 0.432. The summed E-state index contributed by atoms with van der Waals surface area (Å²) in [6.07, 6.45) is 0.207. The van der Waals surface area contributed by atoms with Gasteiger partial charge >= 0.3 is 12.1 Å². The SMILES string of the molecule is C[C@@H](O)[C@H]1C(=O)N2C(C(=O)OCc3ccc([N+](=O)[O-])cc3)=C(S[C@H]3C[C@@H](C(=O)N4CCN(c5nccs5)CC4)N(C(=O)OCc4ccc([N+](=O)[O-])cc4)C3)[C@H](C)[C@H]12. The predicted octanol–water partition coefficient (Wildman–Crippen LogP) is 3.93. The second kappa shape index (κ2) is 16.5. The number of β-lactam (4-membered cyclic amide) rings is 1. The Balaban J connectivity index is 1.11. The highest BCUT2D eigenvalue weighted by Gasteiger charge is 2.60. The van der Waals surface area contributed by atoms with Gasteiger partial charge in [-0.25, -0.2) is 14.6 Å². The Morgan fingerprint density at radius 1 is 0.965 bits per heavy atom. The minimum atomic E-state index is -0.978. The fourth-order valence-corrected chi connectivity index (χ4v) is 9.96. The van der Waals surface area contributed by atoms with E-state index in [4.69, 9.17) is 9.47 Å². The molecule has 0 spiro atoms. The van der Waals surface area contributed by atoms with Crippen LogP contribution in [-0.2, 0) is 37.1 Å². The largest absolute Gasteiger partial charge is 0.456 e. The van der Waals surface area contributed by atoms with E-state index in [1.165, 1.54) is 88.4 Å². The average molecular weight is 822 g/mol. The van der Waals surface area contributed by atoms with Crippen LogP contribution in [0.4, 0.5) is 21.3 Å². The van der Waals surface area contributed by atoms with Crippen LogP contribution >= 0.6 is 23.1 Å². The van der Waals surface area contributed by atoms with Crippen molar-refractivity contribution in [2.45, 2.75) is 56.9 Å². The van der Waals surface area contributed by atoms with Gasteiger partial charge < -0.3 is 29.3 Å². The Labute approximate surface area is 334 Å². The van der Waals surface area contributed by atoms with Crippen LogP contribution in [0.2, 0.25) is 0 Å². The second-order valence-electron chi connectivity index (χ2n) is 14.2. The van der Waals surface area contributed by atoms with Crippen molar-refractivity contribution in [3.63, 3.8) is 0 Å². The molecule has 0 bridgehead atoms. The number of nitro groups is 2.